The van der Waals surface area contributed by atoms with Gasteiger partial charge in [0.05, 0.1) is 0 Å². The first-order valence-corrected chi connectivity index (χ1v) is 8.34. The van der Waals surface area contributed by atoms with Gasteiger partial charge in [-0.3, -0.25) is 0 Å². The van der Waals surface area contributed by atoms with E-state index in [1.165, 1.54) is 38.2 Å². The summed E-state index contributed by atoms with van der Waals surface area (Å²) in [5, 5.41) is 0. The SMILES string of the molecule is Cc1sc(C(N)C2CCc3ccccc3C2)cc1Br. The molecule has 3 heteroatoms. The minimum atomic E-state index is 0.170. The van der Waals surface area contributed by atoms with Crippen LogP contribution in [0.2, 0.25) is 0 Å². The van der Waals surface area contributed by atoms with Crippen molar-refractivity contribution in [3.05, 3.63) is 55.7 Å². The van der Waals surface area contributed by atoms with Crippen LogP contribution in [0.4, 0.5) is 0 Å². The van der Waals surface area contributed by atoms with E-state index >= 15 is 0 Å². The van der Waals surface area contributed by atoms with Crippen LogP contribution >= 0.6 is 27.3 Å². The van der Waals surface area contributed by atoms with E-state index in [1.807, 2.05) is 11.3 Å². The summed E-state index contributed by atoms with van der Waals surface area (Å²) in [7, 11) is 0. The molecule has 1 aliphatic rings. The first kappa shape index (κ1) is 13.3. The normalized spacial score (nSPS) is 20.1. The zero-order valence-electron chi connectivity index (χ0n) is 11.0. The zero-order chi connectivity index (χ0) is 13.4. The van der Waals surface area contributed by atoms with Crippen molar-refractivity contribution in [1.29, 1.82) is 0 Å². The number of nitrogens with two attached hydrogens (primary N) is 1. The molecular weight excluding hydrogens is 318 g/mol. The average molecular weight is 336 g/mol. The topological polar surface area (TPSA) is 26.0 Å². The molecule has 19 heavy (non-hydrogen) atoms. The van der Waals surface area contributed by atoms with E-state index in [1.54, 1.807) is 0 Å². The zero-order valence-corrected chi connectivity index (χ0v) is 13.4. The fourth-order valence-electron chi connectivity index (χ4n) is 2.91. The van der Waals surface area contributed by atoms with Crippen molar-refractivity contribution >= 4 is 27.3 Å². The van der Waals surface area contributed by atoms with Gasteiger partial charge in [-0.05, 0) is 65.2 Å². The van der Waals surface area contributed by atoms with E-state index in [0.717, 1.165) is 6.42 Å². The maximum Gasteiger partial charge on any atom is 0.0422 e. The van der Waals surface area contributed by atoms with Crippen LogP contribution in [0.3, 0.4) is 0 Å². The fraction of sp³-hybridized carbons (Fsp3) is 0.375. The van der Waals surface area contributed by atoms with E-state index in [2.05, 4.69) is 53.2 Å². The van der Waals surface area contributed by atoms with Crippen LogP contribution in [0.15, 0.2) is 34.8 Å². The Kier molecular flexibility index (Phi) is 3.79. The van der Waals surface area contributed by atoms with Crippen LogP contribution in [-0.4, -0.2) is 0 Å². The van der Waals surface area contributed by atoms with Crippen molar-refractivity contribution in [2.45, 2.75) is 32.2 Å². The second-order valence-electron chi connectivity index (χ2n) is 5.35. The number of halogens is 1. The standard InChI is InChI=1S/C16H18BrNS/c1-10-14(17)9-15(19-10)16(18)13-7-6-11-4-2-3-5-12(11)8-13/h2-5,9,13,16H,6-8,18H2,1H3. The molecule has 1 aliphatic carbocycles. The minimum Gasteiger partial charge on any atom is -0.323 e. The van der Waals surface area contributed by atoms with Gasteiger partial charge in [0.25, 0.3) is 0 Å². The summed E-state index contributed by atoms with van der Waals surface area (Å²) in [6, 6.07) is 11.2. The van der Waals surface area contributed by atoms with E-state index in [0.29, 0.717) is 5.92 Å². The number of rotatable bonds is 2. The Morgan fingerprint density at radius 3 is 2.74 bits per heavy atom. The second kappa shape index (κ2) is 5.39. The average Bonchev–Trinajstić information content (AvgIpc) is 2.77. The summed E-state index contributed by atoms with van der Waals surface area (Å²) in [5.41, 5.74) is 9.49. The molecule has 0 spiro atoms. The van der Waals surface area contributed by atoms with Gasteiger partial charge >= 0.3 is 0 Å². The Hall–Kier alpha value is -0.640. The van der Waals surface area contributed by atoms with Gasteiger partial charge in [-0.2, -0.15) is 0 Å². The predicted molar refractivity (Wildman–Crippen MR) is 85.6 cm³/mol. The molecule has 0 bridgehead atoms. The van der Waals surface area contributed by atoms with Gasteiger partial charge < -0.3 is 5.73 Å². The maximum atomic E-state index is 6.50. The molecule has 2 N–H and O–H groups in total. The number of aryl methyl sites for hydroxylation is 2. The van der Waals surface area contributed by atoms with Crippen molar-refractivity contribution in [2.24, 2.45) is 11.7 Å². The van der Waals surface area contributed by atoms with Crippen LogP contribution in [0, 0.1) is 12.8 Å². The van der Waals surface area contributed by atoms with Crippen molar-refractivity contribution < 1.29 is 0 Å². The lowest BCUT2D eigenvalue weighted by Crippen LogP contribution is -2.26. The van der Waals surface area contributed by atoms with Gasteiger partial charge in [-0.1, -0.05) is 24.3 Å². The summed E-state index contributed by atoms with van der Waals surface area (Å²) < 4.78 is 1.19. The number of hydrogen-bond acceptors (Lipinski definition) is 2. The third kappa shape index (κ3) is 2.64. The lowest BCUT2D eigenvalue weighted by molar-refractivity contribution is 0.386. The molecule has 3 rings (SSSR count). The van der Waals surface area contributed by atoms with Crippen molar-refractivity contribution in [3.8, 4) is 0 Å². The third-order valence-corrected chi connectivity index (χ3v) is 6.34. The largest absolute Gasteiger partial charge is 0.323 e. The monoisotopic (exact) mass is 335 g/mol. The minimum absolute atomic E-state index is 0.170. The van der Waals surface area contributed by atoms with Gasteiger partial charge in [0, 0.05) is 20.3 Å². The fourth-order valence-corrected chi connectivity index (χ4v) is 4.57. The van der Waals surface area contributed by atoms with Gasteiger partial charge in [0.15, 0.2) is 0 Å². The maximum absolute atomic E-state index is 6.50. The number of thiophene rings is 1. The molecule has 1 nitrogen and oxygen atoms in total. The molecule has 2 unspecified atom stereocenters. The number of hydrogen-bond donors (Lipinski definition) is 1. The summed E-state index contributed by atoms with van der Waals surface area (Å²) in [6.07, 6.45) is 3.48. The Bertz CT molecular complexity index is 571. The van der Waals surface area contributed by atoms with Crippen molar-refractivity contribution in [2.75, 3.05) is 0 Å². The molecule has 2 atom stereocenters. The van der Waals surface area contributed by atoms with E-state index in [4.69, 9.17) is 5.73 Å². The molecule has 0 aliphatic heterocycles. The van der Waals surface area contributed by atoms with Crippen LogP contribution in [0.1, 0.15) is 33.3 Å². The molecule has 0 saturated heterocycles. The highest BCUT2D eigenvalue weighted by Gasteiger charge is 2.26. The van der Waals surface area contributed by atoms with Crippen LogP contribution in [0.25, 0.3) is 0 Å². The molecule has 0 fully saturated rings. The highest BCUT2D eigenvalue weighted by molar-refractivity contribution is 9.10. The predicted octanol–water partition coefficient (Wildman–Crippen LogP) is 4.62. The molecular formula is C16H18BrNS. The Labute approximate surface area is 127 Å². The Morgan fingerprint density at radius 1 is 1.32 bits per heavy atom. The lowest BCUT2D eigenvalue weighted by atomic mass is 9.80. The summed E-state index contributed by atoms with van der Waals surface area (Å²) in [4.78, 5) is 2.63. The molecule has 0 amide bonds. The molecule has 0 radical (unpaired) electrons. The third-order valence-electron chi connectivity index (χ3n) is 4.10. The van der Waals surface area contributed by atoms with Gasteiger partial charge in [0.1, 0.15) is 0 Å². The first-order valence-electron chi connectivity index (χ1n) is 6.73. The van der Waals surface area contributed by atoms with Gasteiger partial charge in [0.2, 0.25) is 0 Å². The molecule has 2 aromatic rings. The summed E-state index contributed by atoms with van der Waals surface area (Å²) >= 11 is 5.41. The van der Waals surface area contributed by atoms with E-state index < -0.39 is 0 Å². The van der Waals surface area contributed by atoms with Crippen molar-refractivity contribution in [1.82, 2.24) is 0 Å². The lowest BCUT2D eigenvalue weighted by Gasteiger charge is -2.28. The molecule has 100 valence electrons. The number of benzene rings is 1. The molecule has 0 saturated carbocycles. The highest BCUT2D eigenvalue weighted by atomic mass is 79.9. The number of fused-ring (bicyclic) bond motifs is 1. The quantitative estimate of drug-likeness (QED) is 0.851. The van der Waals surface area contributed by atoms with Crippen LogP contribution in [0.5, 0.6) is 0 Å². The molecule has 1 aromatic heterocycles. The van der Waals surface area contributed by atoms with Gasteiger partial charge in [-0.25, -0.2) is 0 Å². The second-order valence-corrected chi connectivity index (χ2v) is 7.49. The van der Waals surface area contributed by atoms with E-state index in [-0.39, 0.29) is 6.04 Å². The Morgan fingerprint density at radius 2 is 2.05 bits per heavy atom. The Balaban J connectivity index is 1.81. The van der Waals surface area contributed by atoms with Crippen LogP contribution < -0.4 is 5.73 Å². The summed E-state index contributed by atoms with van der Waals surface area (Å²) in [5.74, 6) is 0.569. The molecule has 1 heterocycles. The smallest absolute Gasteiger partial charge is 0.0422 e. The summed E-state index contributed by atoms with van der Waals surface area (Å²) in [6.45, 7) is 2.14. The van der Waals surface area contributed by atoms with Crippen molar-refractivity contribution in [3.63, 3.8) is 0 Å². The van der Waals surface area contributed by atoms with Gasteiger partial charge in [-0.15, -0.1) is 11.3 Å². The highest BCUT2D eigenvalue weighted by Crippen LogP contribution is 2.37. The first-order chi connectivity index (χ1) is 9.15. The molecule has 1 aromatic carbocycles. The van der Waals surface area contributed by atoms with Crippen LogP contribution in [-0.2, 0) is 12.8 Å². The van der Waals surface area contributed by atoms with E-state index in [9.17, 15) is 0 Å².